The fourth-order valence-corrected chi connectivity index (χ4v) is 9.06. The zero-order valence-corrected chi connectivity index (χ0v) is 32.9. The van der Waals surface area contributed by atoms with E-state index in [0.29, 0.717) is 11.1 Å². The zero-order valence-electron chi connectivity index (χ0n) is 37.9. The summed E-state index contributed by atoms with van der Waals surface area (Å²) in [6, 6.07) is 67.3. The Morgan fingerprint density at radius 3 is 1.66 bits per heavy atom. The maximum Gasteiger partial charge on any atom is 0.138 e. The Balaban J connectivity index is 1.14. The molecule has 0 spiro atoms. The lowest BCUT2D eigenvalue weighted by Crippen LogP contribution is -2.10. The van der Waals surface area contributed by atoms with Gasteiger partial charge in [0.1, 0.15) is 11.2 Å². The Morgan fingerprint density at radius 2 is 0.967 bits per heavy atom. The minimum Gasteiger partial charge on any atom is -0.456 e. The predicted octanol–water partition coefficient (Wildman–Crippen LogP) is 16.3. The minimum absolute atomic E-state index is 0.104. The van der Waals surface area contributed by atoms with Gasteiger partial charge in [-0.05, 0) is 105 Å². The van der Waals surface area contributed by atoms with Crippen LogP contribution in [-0.4, -0.2) is 4.57 Å². The molecule has 0 radical (unpaired) electrons. The van der Waals surface area contributed by atoms with E-state index in [0.717, 1.165) is 93.9 Å². The van der Waals surface area contributed by atoms with E-state index in [2.05, 4.69) is 157 Å². The number of hydrogen-bond donors (Lipinski definition) is 0. The molecule has 0 saturated heterocycles. The first-order valence-corrected chi connectivity index (χ1v) is 20.4. The highest BCUT2D eigenvalue weighted by molar-refractivity contribution is 6.24. The molecule has 3 nitrogen and oxygen atoms in total. The van der Waals surface area contributed by atoms with Crippen LogP contribution in [0.25, 0.3) is 93.6 Å². The third-order valence-corrected chi connectivity index (χ3v) is 11.9. The number of furan rings is 1. The molecule has 0 atom stereocenters. The number of hydrogen-bond acceptors (Lipinski definition) is 2. The minimum atomic E-state index is -0.428. The van der Waals surface area contributed by atoms with Gasteiger partial charge in [-0.1, -0.05) is 164 Å². The van der Waals surface area contributed by atoms with Gasteiger partial charge in [0.2, 0.25) is 0 Å². The fraction of sp³-hybridized carbons (Fsp3) is 0. The fourth-order valence-electron chi connectivity index (χ4n) is 9.06. The molecule has 0 N–H and O–H groups in total. The monoisotopic (exact) mass is 783 g/mol. The van der Waals surface area contributed by atoms with E-state index < -0.39 is 6.04 Å². The molecule has 10 aromatic carbocycles. The van der Waals surface area contributed by atoms with Crippen LogP contribution in [0.4, 0.5) is 17.1 Å². The van der Waals surface area contributed by atoms with E-state index in [-0.39, 0.29) is 29.9 Å². The standard InChI is InChI=1S/C58H38N2O/c1-4-14-39(15-5-1)41-24-30-46(31-25-41)59(47-32-26-42(27-33-47)40-16-6-2-7-17-40)48-37-52(58-56(38-48)61-55-35-29-43-18-10-11-21-49(43)57(55)58)44-28-34-51-50-22-12-13-23-53(50)60(54(51)36-44)45-19-8-3-9-20-45/h1-38H/i3D,8D,9D,19D,20D. The molecule has 12 aromatic rings. The van der Waals surface area contributed by atoms with Crippen LogP contribution >= 0.6 is 0 Å². The molecular formula is C58H38N2O. The molecule has 61 heavy (non-hydrogen) atoms. The van der Waals surface area contributed by atoms with Gasteiger partial charge in [0.05, 0.1) is 23.6 Å². The maximum absolute atomic E-state index is 9.09. The van der Waals surface area contributed by atoms with Gasteiger partial charge in [-0.3, -0.25) is 0 Å². The van der Waals surface area contributed by atoms with Gasteiger partial charge in [-0.15, -0.1) is 0 Å². The van der Waals surface area contributed by atoms with E-state index >= 15 is 0 Å². The molecule has 0 amide bonds. The SMILES string of the molecule is [2H]c1c([2H])c([2H])c(-n2c3ccccc3c3ccc(-c4cc(N(c5ccc(-c6ccccc6)cc5)c5ccc(-c6ccccc6)cc5)cc5oc6ccc7ccccc7c6c45)cc32)c([2H])c1[2H]. The van der Waals surface area contributed by atoms with Crippen LogP contribution in [0, 0.1) is 0 Å². The second-order valence-electron chi connectivity index (χ2n) is 15.3. The molecule has 0 aliphatic carbocycles. The summed E-state index contributed by atoms with van der Waals surface area (Å²) >= 11 is 0. The lowest BCUT2D eigenvalue weighted by atomic mass is 9.95. The van der Waals surface area contributed by atoms with Crippen LogP contribution in [0.3, 0.4) is 0 Å². The first-order valence-electron chi connectivity index (χ1n) is 22.9. The second-order valence-corrected chi connectivity index (χ2v) is 15.3. The van der Waals surface area contributed by atoms with Crippen molar-refractivity contribution in [3.63, 3.8) is 0 Å². The quantitative estimate of drug-likeness (QED) is 0.161. The third kappa shape index (κ3) is 5.90. The molecule has 0 fully saturated rings. The normalized spacial score (nSPS) is 12.8. The van der Waals surface area contributed by atoms with Crippen molar-refractivity contribution in [3.05, 3.63) is 230 Å². The van der Waals surface area contributed by atoms with Crippen LogP contribution in [0.5, 0.6) is 0 Å². The van der Waals surface area contributed by atoms with Crippen LogP contribution in [0.2, 0.25) is 0 Å². The second kappa shape index (κ2) is 14.3. The molecular weight excluding hydrogens is 741 g/mol. The summed E-state index contributed by atoms with van der Waals surface area (Å²) in [6.45, 7) is 0. The first-order chi connectivity index (χ1) is 32.3. The summed E-state index contributed by atoms with van der Waals surface area (Å²) in [7, 11) is 0. The van der Waals surface area contributed by atoms with Crippen molar-refractivity contribution in [1.29, 1.82) is 0 Å². The van der Waals surface area contributed by atoms with E-state index in [1.165, 1.54) is 0 Å². The summed E-state index contributed by atoms with van der Waals surface area (Å²) in [5.41, 5.74) is 12.1. The van der Waals surface area contributed by atoms with E-state index in [1.807, 2.05) is 53.1 Å². The van der Waals surface area contributed by atoms with Crippen LogP contribution in [0.15, 0.2) is 235 Å². The predicted molar refractivity (Wildman–Crippen MR) is 257 cm³/mol. The molecule has 0 saturated carbocycles. The van der Waals surface area contributed by atoms with Gasteiger partial charge in [-0.2, -0.15) is 0 Å². The van der Waals surface area contributed by atoms with Crippen molar-refractivity contribution in [3.8, 4) is 39.1 Å². The van der Waals surface area contributed by atoms with Crippen LogP contribution < -0.4 is 4.90 Å². The van der Waals surface area contributed by atoms with Gasteiger partial charge < -0.3 is 13.9 Å². The summed E-state index contributed by atoms with van der Waals surface area (Å²) in [4.78, 5) is 2.26. The first kappa shape index (κ1) is 30.0. The molecule has 0 unspecified atom stereocenters. The van der Waals surface area contributed by atoms with Crippen molar-refractivity contribution in [2.45, 2.75) is 0 Å². The summed E-state index contributed by atoms with van der Waals surface area (Å²) in [5, 5.41) is 5.93. The molecule has 286 valence electrons. The molecule has 3 heteroatoms. The number of para-hydroxylation sites is 2. The Bertz CT molecular complexity index is 3750. The highest BCUT2D eigenvalue weighted by Gasteiger charge is 2.22. The van der Waals surface area contributed by atoms with Gasteiger partial charge in [0.15, 0.2) is 0 Å². The number of rotatable bonds is 7. The topological polar surface area (TPSA) is 21.3 Å². The highest BCUT2D eigenvalue weighted by Crippen LogP contribution is 2.47. The van der Waals surface area contributed by atoms with Gasteiger partial charge in [0, 0.05) is 44.7 Å². The van der Waals surface area contributed by atoms with E-state index in [1.54, 1.807) is 0 Å². The highest BCUT2D eigenvalue weighted by atomic mass is 16.3. The Kier molecular flexibility index (Phi) is 7.03. The molecule has 2 aromatic heterocycles. The number of fused-ring (bicyclic) bond motifs is 8. The van der Waals surface area contributed by atoms with Crippen molar-refractivity contribution in [1.82, 2.24) is 4.57 Å². The Labute approximate surface area is 360 Å². The average Bonchev–Trinajstić information content (AvgIpc) is 3.92. The molecule has 12 rings (SSSR count). The number of aromatic nitrogens is 1. The Morgan fingerprint density at radius 1 is 0.393 bits per heavy atom. The number of anilines is 3. The summed E-state index contributed by atoms with van der Waals surface area (Å²) in [6.07, 6.45) is 0. The molecule has 0 aliphatic rings. The molecule has 2 heterocycles. The maximum atomic E-state index is 9.09. The van der Waals surface area contributed by atoms with Crippen molar-refractivity contribution in [2.24, 2.45) is 0 Å². The van der Waals surface area contributed by atoms with Gasteiger partial charge in [-0.25, -0.2) is 0 Å². The van der Waals surface area contributed by atoms with Crippen molar-refractivity contribution in [2.75, 3.05) is 4.90 Å². The molecule has 0 aliphatic heterocycles. The van der Waals surface area contributed by atoms with Gasteiger partial charge >= 0.3 is 0 Å². The van der Waals surface area contributed by atoms with Gasteiger partial charge in [0.25, 0.3) is 0 Å². The Hall–Kier alpha value is -8.14. The molecule has 0 bridgehead atoms. The summed E-state index contributed by atoms with van der Waals surface area (Å²) < 4.78 is 52.5. The van der Waals surface area contributed by atoms with Crippen molar-refractivity contribution < 1.29 is 11.3 Å². The van der Waals surface area contributed by atoms with Crippen LogP contribution in [0.1, 0.15) is 6.85 Å². The zero-order chi connectivity index (χ0) is 44.6. The van der Waals surface area contributed by atoms with Crippen LogP contribution in [-0.2, 0) is 0 Å². The average molecular weight is 784 g/mol. The van der Waals surface area contributed by atoms with Crippen molar-refractivity contribution >= 4 is 71.6 Å². The lowest BCUT2D eigenvalue weighted by molar-refractivity contribution is 0.669. The summed E-state index contributed by atoms with van der Waals surface area (Å²) in [5.74, 6) is 0. The number of benzene rings is 10. The largest absolute Gasteiger partial charge is 0.456 e. The lowest BCUT2D eigenvalue weighted by Gasteiger charge is -2.27. The van der Waals surface area contributed by atoms with E-state index in [9.17, 15) is 0 Å². The third-order valence-electron chi connectivity index (χ3n) is 11.9. The van der Waals surface area contributed by atoms with E-state index in [4.69, 9.17) is 11.3 Å². The smallest absolute Gasteiger partial charge is 0.138 e. The number of nitrogens with zero attached hydrogens (tertiary/aromatic N) is 2.